The maximum Gasteiger partial charge on any atom is 0.244 e. The van der Waals surface area contributed by atoms with E-state index in [4.69, 9.17) is 0 Å². The Morgan fingerprint density at radius 1 is 1.17 bits per heavy atom. The highest BCUT2D eigenvalue weighted by atomic mass is 32.2. The molecule has 3 nitrogen and oxygen atoms in total. The van der Waals surface area contributed by atoms with E-state index in [2.05, 4.69) is 42.3 Å². The lowest BCUT2D eigenvalue weighted by atomic mass is 10.1. The molecule has 1 heterocycles. The first-order chi connectivity index (χ1) is 11.1. The van der Waals surface area contributed by atoms with Crippen LogP contribution in [0.15, 0.2) is 47.6 Å². The summed E-state index contributed by atoms with van der Waals surface area (Å²) in [5.74, 6) is 0.780. The second kappa shape index (κ2) is 8.53. The number of benzene rings is 1. The molecule has 0 aliphatic heterocycles. The molecular weight excluding hydrogens is 304 g/mol. The van der Waals surface area contributed by atoms with E-state index in [-0.39, 0.29) is 5.91 Å². The summed E-state index contributed by atoms with van der Waals surface area (Å²) in [6.45, 7) is 6.87. The van der Waals surface area contributed by atoms with Crippen molar-refractivity contribution in [1.29, 1.82) is 0 Å². The molecule has 120 valence electrons. The van der Waals surface area contributed by atoms with E-state index in [1.54, 1.807) is 36.3 Å². The van der Waals surface area contributed by atoms with Crippen molar-refractivity contribution >= 4 is 23.7 Å². The lowest BCUT2D eigenvalue weighted by Crippen LogP contribution is -2.23. The van der Waals surface area contributed by atoms with Crippen LogP contribution in [-0.4, -0.2) is 23.2 Å². The number of nitrogens with one attached hydrogen (secondary N) is 1. The van der Waals surface area contributed by atoms with Crippen LogP contribution in [0.25, 0.3) is 6.08 Å². The topological polar surface area (TPSA) is 42.0 Å². The van der Waals surface area contributed by atoms with Crippen molar-refractivity contribution in [2.75, 3.05) is 12.3 Å². The van der Waals surface area contributed by atoms with Gasteiger partial charge in [-0.05, 0) is 67.3 Å². The van der Waals surface area contributed by atoms with Crippen LogP contribution in [0, 0.1) is 20.8 Å². The zero-order valence-corrected chi connectivity index (χ0v) is 14.6. The molecule has 23 heavy (non-hydrogen) atoms. The first-order valence-electron chi connectivity index (χ1n) is 7.63. The summed E-state index contributed by atoms with van der Waals surface area (Å²) in [6, 6.07) is 8.37. The lowest BCUT2D eigenvalue weighted by Gasteiger charge is -2.05. The highest BCUT2D eigenvalue weighted by molar-refractivity contribution is 7.99. The number of aromatic nitrogens is 1. The van der Waals surface area contributed by atoms with Gasteiger partial charge in [0.25, 0.3) is 0 Å². The fraction of sp³-hybridized carbons (Fsp3) is 0.263. The minimum Gasteiger partial charge on any atom is -0.352 e. The molecule has 0 saturated heterocycles. The van der Waals surface area contributed by atoms with Crippen molar-refractivity contribution in [3.05, 3.63) is 65.0 Å². The quantitative estimate of drug-likeness (QED) is 0.497. The Balaban J connectivity index is 1.74. The summed E-state index contributed by atoms with van der Waals surface area (Å²) in [5, 5.41) is 2.90. The van der Waals surface area contributed by atoms with Gasteiger partial charge in [-0.3, -0.25) is 9.78 Å². The number of pyridine rings is 1. The Hall–Kier alpha value is -2.07. The lowest BCUT2D eigenvalue weighted by molar-refractivity contribution is -0.116. The van der Waals surface area contributed by atoms with E-state index in [9.17, 15) is 4.79 Å². The molecule has 0 aliphatic rings. The van der Waals surface area contributed by atoms with Gasteiger partial charge in [0.2, 0.25) is 5.91 Å². The van der Waals surface area contributed by atoms with Gasteiger partial charge >= 0.3 is 0 Å². The molecule has 0 unspecified atom stereocenters. The van der Waals surface area contributed by atoms with E-state index in [1.165, 1.54) is 16.0 Å². The Bertz CT molecular complexity index is 710. The van der Waals surface area contributed by atoms with Crippen LogP contribution in [0.2, 0.25) is 0 Å². The molecule has 0 saturated carbocycles. The van der Waals surface area contributed by atoms with Crippen molar-refractivity contribution < 1.29 is 4.79 Å². The number of amides is 1. The summed E-state index contributed by atoms with van der Waals surface area (Å²) >= 11 is 1.75. The van der Waals surface area contributed by atoms with Crippen LogP contribution in [0.4, 0.5) is 0 Å². The Morgan fingerprint density at radius 2 is 2.00 bits per heavy atom. The predicted octanol–water partition coefficient (Wildman–Crippen LogP) is 3.93. The fourth-order valence-electron chi connectivity index (χ4n) is 2.02. The number of carbonyl (C=O) groups excluding carboxylic acids is 1. The second-order valence-corrected chi connectivity index (χ2v) is 6.62. The Labute approximate surface area is 142 Å². The average Bonchev–Trinajstić information content (AvgIpc) is 2.54. The maximum absolute atomic E-state index is 11.8. The van der Waals surface area contributed by atoms with Crippen LogP contribution in [0.1, 0.15) is 22.3 Å². The van der Waals surface area contributed by atoms with Gasteiger partial charge < -0.3 is 5.32 Å². The first kappa shape index (κ1) is 17.3. The van der Waals surface area contributed by atoms with Crippen molar-refractivity contribution in [1.82, 2.24) is 10.3 Å². The van der Waals surface area contributed by atoms with Crippen molar-refractivity contribution in [2.45, 2.75) is 25.7 Å². The third kappa shape index (κ3) is 5.57. The molecule has 0 fully saturated rings. The molecule has 1 N–H and O–H groups in total. The van der Waals surface area contributed by atoms with Gasteiger partial charge in [0.15, 0.2) is 0 Å². The molecule has 0 aliphatic carbocycles. The van der Waals surface area contributed by atoms with Gasteiger partial charge in [-0.2, -0.15) is 0 Å². The standard InChI is InChI=1S/C19H22N2OS/c1-14-4-6-18(12-16(14)3)23-11-10-21-19(22)7-5-17-13-20-9-8-15(17)2/h4-9,12-13H,10-11H2,1-3H3,(H,21,22)/b7-5+. The number of thioether (sulfide) groups is 1. The molecule has 1 amide bonds. The number of rotatable bonds is 6. The maximum atomic E-state index is 11.8. The first-order valence-corrected chi connectivity index (χ1v) is 8.61. The largest absolute Gasteiger partial charge is 0.352 e. The monoisotopic (exact) mass is 326 g/mol. The third-order valence-corrected chi connectivity index (χ3v) is 4.64. The summed E-state index contributed by atoms with van der Waals surface area (Å²) < 4.78 is 0. The molecule has 1 aromatic carbocycles. The van der Waals surface area contributed by atoms with Crippen LogP contribution in [-0.2, 0) is 4.79 Å². The SMILES string of the molecule is Cc1ccc(SCCNC(=O)/C=C/c2cnccc2C)cc1C. The minimum absolute atomic E-state index is 0.0751. The molecule has 2 aromatic rings. The second-order valence-electron chi connectivity index (χ2n) is 5.45. The Morgan fingerprint density at radius 3 is 2.74 bits per heavy atom. The molecular formula is C19H22N2OS. The van der Waals surface area contributed by atoms with Crippen LogP contribution >= 0.6 is 11.8 Å². The zero-order chi connectivity index (χ0) is 16.7. The number of nitrogens with zero attached hydrogens (tertiary/aromatic N) is 1. The zero-order valence-electron chi connectivity index (χ0n) is 13.8. The summed E-state index contributed by atoms with van der Waals surface area (Å²) in [4.78, 5) is 17.1. The molecule has 1 aromatic heterocycles. The van der Waals surface area contributed by atoms with Gasteiger partial charge in [0, 0.05) is 35.7 Å². The van der Waals surface area contributed by atoms with E-state index in [0.717, 1.165) is 16.9 Å². The highest BCUT2D eigenvalue weighted by Gasteiger charge is 1.99. The number of carbonyl (C=O) groups is 1. The van der Waals surface area contributed by atoms with Gasteiger partial charge in [-0.1, -0.05) is 6.07 Å². The smallest absolute Gasteiger partial charge is 0.244 e. The van der Waals surface area contributed by atoms with E-state index >= 15 is 0 Å². The van der Waals surface area contributed by atoms with Crippen LogP contribution in [0.5, 0.6) is 0 Å². The van der Waals surface area contributed by atoms with E-state index < -0.39 is 0 Å². The highest BCUT2D eigenvalue weighted by Crippen LogP contribution is 2.20. The van der Waals surface area contributed by atoms with E-state index in [1.807, 2.05) is 13.0 Å². The minimum atomic E-state index is -0.0751. The van der Waals surface area contributed by atoms with Gasteiger partial charge in [-0.25, -0.2) is 0 Å². The number of hydrogen-bond acceptors (Lipinski definition) is 3. The molecule has 0 radical (unpaired) electrons. The molecule has 0 bridgehead atoms. The van der Waals surface area contributed by atoms with Gasteiger partial charge in [0.05, 0.1) is 0 Å². The summed E-state index contributed by atoms with van der Waals surface area (Å²) in [5.41, 5.74) is 4.67. The van der Waals surface area contributed by atoms with Crippen LogP contribution in [0.3, 0.4) is 0 Å². The average molecular weight is 326 g/mol. The third-order valence-electron chi connectivity index (χ3n) is 3.64. The summed E-state index contributed by atoms with van der Waals surface area (Å²) in [6.07, 6.45) is 6.87. The predicted molar refractivity (Wildman–Crippen MR) is 97.7 cm³/mol. The Kier molecular flexibility index (Phi) is 6.41. The molecule has 0 atom stereocenters. The summed E-state index contributed by atoms with van der Waals surface area (Å²) in [7, 11) is 0. The molecule has 0 spiro atoms. The molecule has 4 heteroatoms. The van der Waals surface area contributed by atoms with Gasteiger partial charge in [-0.15, -0.1) is 11.8 Å². The van der Waals surface area contributed by atoms with Crippen molar-refractivity contribution in [2.24, 2.45) is 0 Å². The normalized spacial score (nSPS) is 10.9. The molecule has 2 rings (SSSR count). The van der Waals surface area contributed by atoms with Gasteiger partial charge in [0.1, 0.15) is 0 Å². The van der Waals surface area contributed by atoms with E-state index in [0.29, 0.717) is 6.54 Å². The van der Waals surface area contributed by atoms with Crippen molar-refractivity contribution in [3.8, 4) is 0 Å². The number of hydrogen-bond donors (Lipinski definition) is 1. The number of aryl methyl sites for hydroxylation is 3. The fourth-order valence-corrected chi connectivity index (χ4v) is 2.89. The van der Waals surface area contributed by atoms with Crippen LogP contribution < -0.4 is 5.32 Å². The van der Waals surface area contributed by atoms with Crippen molar-refractivity contribution in [3.63, 3.8) is 0 Å².